The Bertz CT molecular complexity index is 952. The van der Waals surface area contributed by atoms with Crippen molar-refractivity contribution >= 4 is 40.3 Å². The number of thioether (sulfide) groups is 1. The molecule has 6 nitrogen and oxygen atoms in total. The van der Waals surface area contributed by atoms with Crippen LogP contribution in [0.2, 0.25) is 0 Å². The van der Waals surface area contributed by atoms with E-state index in [0.717, 1.165) is 24.1 Å². The first-order valence-corrected chi connectivity index (χ1v) is 9.91. The summed E-state index contributed by atoms with van der Waals surface area (Å²) < 4.78 is 0. The largest absolute Gasteiger partial charge is 0.286 e. The standard InChI is InChI=1S/C21H21N3O3S/c1-3-4-12-23-20(25)19(14-16-6-5-7-18(13-16)24(26)27)28-21(23)22-17-10-8-15(2)9-11-17/h5-11,13-14H,3-4,12H2,1-2H3/b19-14+,22-21?. The Morgan fingerprint density at radius 2 is 1.96 bits per heavy atom. The number of amides is 1. The first-order valence-electron chi connectivity index (χ1n) is 9.09. The molecule has 0 atom stereocenters. The number of nitro benzene ring substituents is 1. The van der Waals surface area contributed by atoms with Crippen LogP contribution in [0.4, 0.5) is 11.4 Å². The lowest BCUT2D eigenvalue weighted by molar-refractivity contribution is -0.384. The molecule has 1 amide bonds. The van der Waals surface area contributed by atoms with Gasteiger partial charge in [0.2, 0.25) is 0 Å². The molecule has 0 aliphatic carbocycles. The highest BCUT2D eigenvalue weighted by Crippen LogP contribution is 2.34. The fourth-order valence-electron chi connectivity index (χ4n) is 2.71. The van der Waals surface area contributed by atoms with Crippen LogP contribution in [0.15, 0.2) is 58.4 Å². The number of nitrogens with zero attached hydrogens (tertiary/aromatic N) is 3. The molecule has 1 saturated heterocycles. The van der Waals surface area contributed by atoms with E-state index in [1.54, 1.807) is 23.1 Å². The van der Waals surface area contributed by atoms with Crippen molar-refractivity contribution in [3.8, 4) is 0 Å². The van der Waals surface area contributed by atoms with E-state index < -0.39 is 4.92 Å². The van der Waals surface area contributed by atoms with Crippen molar-refractivity contribution in [3.05, 3.63) is 74.7 Å². The van der Waals surface area contributed by atoms with Gasteiger partial charge in [-0.15, -0.1) is 0 Å². The van der Waals surface area contributed by atoms with Gasteiger partial charge in [-0.3, -0.25) is 19.8 Å². The van der Waals surface area contributed by atoms with Crippen LogP contribution in [0.3, 0.4) is 0 Å². The summed E-state index contributed by atoms with van der Waals surface area (Å²) in [5, 5.41) is 11.6. The van der Waals surface area contributed by atoms with Crippen LogP contribution >= 0.6 is 11.8 Å². The Balaban J connectivity index is 1.93. The van der Waals surface area contributed by atoms with Gasteiger partial charge in [-0.05, 0) is 48.9 Å². The van der Waals surface area contributed by atoms with E-state index in [1.165, 1.54) is 23.9 Å². The highest BCUT2D eigenvalue weighted by Gasteiger charge is 2.33. The summed E-state index contributed by atoms with van der Waals surface area (Å²) in [6.07, 6.45) is 3.54. The number of rotatable bonds is 6. The van der Waals surface area contributed by atoms with Gasteiger partial charge in [-0.25, -0.2) is 4.99 Å². The number of non-ortho nitro benzene ring substituents is 1. The summed E-state index contributed by atoms with van der Waals surface area (Å²) in [6.45, 7) is 4.68. The van der Waals surface area contributed by atoms with Crippen LogP contribution in [-0.2, 0) is 4.79 Å². The molecule has 144 valence electrons. The molecule has 2 aromatic rings. The Morgan fingerprint density at radius 1 is 1.21 bits per heavy atom. The molecule has 3 rings (SSSR count). The molecular weight excluding hydrogens is 374 g/mol. The number of carbonyl (C=O) groups excluding carboxylic acids is 1. The summed E-state index contributed by atoms with van der Waals surface area (Å²) >= 11 is 1.30. The molecule has 0 unspecified atom stereocenters. The van der Waals surface area contributed by atoms with E-state index in [2.05, 4.69) is 11.9 Å². The van der Waals surface area contributed by atoms with Gasteiger partial charge in [-0.2, -0.15) is 0 Å². The van der Waals surface area contributed by atoms with Crippen LogP contribution in [0, 0.1) is 17.0 Å². The fourth-order valence-corrected chi connectivity index (χ4v) is 3.74. The predicted molar refractivity (Wildman–Crippen MR) is 114 cm³/mol. The lowest BCUT2D eigenvalue weighted by atomic mass is 10.2. The summed E-state index contributed by atoms with van der Waals surface area (Å²) in [4.78, 5) is 30.3. The molecule has 0 bridgehead atoms. The zero-order valence-electron chi connectivity index (χ0n) is 15.8. The number of hydrogen-bond donors (Lipinski definition) is 0. The van der Waals surface area contributed by atoms with E-state index in [1.807, 2.05) is 31.2 Å². The molecule has 1 aliphatic heterocycles. The second-order valence-corrected chi connectivity index (χ2v) is 7.51. The minimum Gasteiger partial charge on any atom is -0.286 e. The fraction of sp³-hybridized carbons (Fsp3) is 0.238. The number of nitro groups is 1. The topological polar surface area (TPSA) is 75.8 Å². The molecule has 7 heteroatoms. The predicted octanol–water partition coefficient (Wildman–Crippen LogP) is 5.31. The van der Waals surface area contributed by atoms with Gasteiger partial charge in [-0.1, -0.05) is 43.2 Å². The van der Waals surface area contributed by atoms with E-state index >= 15 is 0 Å². The number of benzene rings is 2. The number of aryl methyl sites for hydroxylation is 1. The number of amidine groups is 1. The second-order valence-electron chi connectivity index (χ2n) is 6.50. The Morgan fingerprint density at radius 3 is 2.64 bits per heavy atom. The molecular formula is C21H21N3O3S. The van der Waals surface area contributed by atoms with Gasteiger partial charge in [0.1, 0.15) is 0 Å². The third-order valence-electron chi connectivity index (χ3n) is 4.26. The van der Waals surface area contributed by atoms with Gasteiger partial charge in [0, 0.05) is 18.7 Å². The summed E-state index contributed by atoms with van der Waals surface area (Å²) in [6, 6.07) is 14.1. The molecule has 1 fully saturated rings. The molecule has 0 N–H and O–H groups in total. The normalized spacial score (nSPS) is 16.9. The SMILES string of the molecule is CCCCN1C(=O)/C(=C\c2cccc([N+](=O)[O-])c2)SC1=Nc1ccc(C)cc1. The lowest BCUT2D eigenvalue weighted by Gasteiger charge is -2.14. The molecule has 2 aromatic carbocycles. The van der Waals surface area contributed by atoms with Crippen molar-refractivity contribution < 1.29 is 9.72 Å². The van der Waals surface area contributed by atoms with Crippen LogP contribution in [0.5, 0.6) is 0 Å². The number of aliphatic imine (C=N–C) groups is 1. The van der Waals surface area contributed by atoms with Crippen LogP contribution in [0.1, 0.15) is 30.9 Å². The molecule has 0 spiro atoms. The number of carbonyl (C=O) groups is 1. The van der Waals surface area contributed by atoms with Gasteiger partial charge >= 0.3 is 0 Å². The van der Waals surface area contributed by atoms with Crippen molar-refractivity contribution in [2.45, 2.75) is 26.7 Å². The molecule has 0 saturated carbocycles. The Hall–Kier alpha value is -2.93. The number of unbranched alkanes of at least 4 members (excludes halogenated alkanes) is 1. The van der Waals surface area contributed by atoms with Gasteiger partial charge < -0.3 is 0 Å². The Kier molecular flexibility index (Phi) is 6.26. The quantitative estimate of drug-likeness (QED) is 0.377. The average molecular weight is 395 g/mol. The molecule has 28 heavy (non-hydrogen) atoms. The van der Waals surface area contributed by atoms with Gasteiger partial charge in [0.25, 0.3) is 11.6 Å². The third-order valence-corrected chi connectivity index (χ3v) is 5.27. The van der Waals surface area contributed by atoms with E-state index in [4.69, 9.17) is 0 Å². The van der Waals surface area contributed by atoms with Crippen LogP contribution in [-0.4, -0.2) is 27.4 Å². The molecule has 1 heterocycles. The van der Waals surface area contributed by atoms with Crippen LogP contribution in [0.25, 0.3) is 6.08 Å². The van der Waals surface area contributed by atoms with E-state index in [9.17, 15) is 14.9 Å². The highest BCUT2D eigenvalue weighted by atomic mass is 32.2. The molecule has 1 aliphatic rings. The third kappa shape index (κ3) is 4.67. The minimum atomic E-state index is -0.441. The smallest absolute Gasteiger partial charge is 0.270 e. The Labute approximate surface area is 168 Å². The summed E-state index contributed by atoms with van der Waals surface area (Å²) in [5.74, 6) is -0.115. The minimum absolute atomic E-state index is 0.00109. The first kappa shape index (κ1) is 19.8. The highest BCUT2D eigenvalue weighted by molar-refractivity contribution is 8.18. The second kappa shape index (κ2) is 8.84. The zero-order valence-corrected chi connectivity index (χ0v) is 16.6. The average Bonchev–Trinajstić information content (AvgIpc) is 2.96. The number of hydrogen-bond acceptors (Lipinski definition) is 5. The van der Waals surface area contributed by atoms with Crippen molar-refractivity contribution in [1.82, 2.24) is 4.90 Å². The maximum atomic E-state index is 12.9. The van der Waals surface area contributed by atoms with E-state index in [-0.39, 0.29) is 11.6 Å². The molecule has 0 aromatic heterocycles. The summed E-state index contributed by atoms with van der Waals surface area (Å²) in [5.41, 5.74) is 2.56. The summed E-state index contributed by atoms with van der Waals surface area (Å²) in [7, 11) is 0. The van der Waals surface area contributed by atoms with Crippen molar-refractivity contribution in [1.29, 1.82) is 0 Å². The molecule has 0 radical (unpaired) electrons. The maximum absolute atomic E-state index is 12.9. The first-order chi connectivity index (χ1) is 13.5. The lowest BCUT2D eigenvalue weighted by Crippen LogP contribution is -2.30. The van der Waals surface area contributed by atoms with Gasteiger partial charge in [0.05, 0.1) is 15.5 Å². The van der Waals surface area contributed by atoms with Gasteiger partial charge in [0.15, 0.2) is 5.17 Å². The van der Waals surface area contributed by atoms with Crippen molar-refractivity contribution in [2.75, 3.05) is 6.54 Å². The van der Waals surface area contributed by atoms with Crippen molar-refractivity contribution in [2.24, 2.45) is 4.99 Å². The van der Waals surface area contributed by atoms with E-state index in [0.29, 0.717) is 22.2 Å². The van der Waals surface area contributed by atoms with Crippen LogP contribution < -0.4 is 0 Å². The zero-order chi connectivity index (χ0) is 20.1. The van der Waals surface area contributed by atoms with Crippen molar-refractivity contribution in [3.63, 3.8) is 0 Å². The monoisotopic (exact) mass is 395 g/mol. The maximum Gasteiger partial charge on any atom is 0.270 e.